The standard InChI is InChI=1S/C20H24ClN3O4S/c1-19-7-8-20(29-19)14(13(19)16(26)22-2)18(28)24(9-10-25)15(20)17(27)23-12-5-3-11(21)4-6-12/h3-6,13-15,25H,7-10H2,1-2H3,(H,22,26)(H,23,27)/t13-,14-,15?,19+,20?/m0/s1. The lowest BCUT2D eigenvalue weighted by Gasteiger charge is -2.34. The van der Waals surface area contributed by atoms with Crippen molar-refractivity contribution in [3.05, 3.63) is 29.3 Å². The topological polar surface area (TPSA) is 98.7 Å². The van der Waals surface area contributed by atoms with E-state index in [4.69, 9.17) is 11.6 Å². The van der Waals surface area contributed by atoms with Gasteiger partial charge in [-0.2, -0.15) is 0 Å². The molecule has 3 N–H and O–H groups in total. The molecule has 3 aliphatic rings. The Hall–Kier alpha value is -1.77. The average Bonchev–Trinajstić information content (AvgIpc) is 3.25. The summed E-state index contributed by atoms with van der Waals surface area (Å²) < 4.78 is -1.06. The number of fused-ring (bicyclic) bond motifs is 1. The van der Waals surface area contributed by atoms with Crippen LogP contribution >= 0.6 is 23.4 Å². The molecule has 9 heteroatoms. The fourth-order valence-corrected chi connectivity index (χ4v) is 7.86. The smallest absolute Gasteiger partial charge is 0.248 e. The summed E-state index contributed by atoms with van der Waals surface area (Å²) in [6.45, 7) is 1.84. The zero-order valence-electron chi connectivity index (χ0n) is 16.3. The number of aliphatic hydroxyl groups is 1. The number of amides is 3. The molecule has 1 aromatic rings. The molecular formula is C20H24ClN3O4S. The van der Waals surface area contributed by atoms with Gasteiger partial charge in [-0.05, 0) is 44.0 Å². The summed E-state index contributed by atoms with van der Waals surface area (Å²) in [5.74, 6) is -1.75. The number of β-amino-alcohol motifs (C(OH)–C–C–N with tert-alkyl or cyclic N) is 1. The highest BCUT2D eigenvalue weighted by atomic mass is 35.5. The van der Waals surface area contributed by atoms with E-state index in [9.17, 15) is 19.5 Å². The third-order valence-electron chi connectivity index (χ3n) is 6.51. The molecular weight excluding hydrogens is 414 g/mol. The fourth-order valence-electron chi connectivity index (χ4n) is 5.37. The van der Waals surface area contributed by atoms with Crippen molar-refractivity contribution >= 4 is 46.8 Å². The molecule has 3 saturated heterocycles. The number of rotatable bonds is 5. The van der Waals surface area contributed by atoms with Crippen LogP contribution in [0.5, 0.6) is 0 Å². The summed E-state index contributed by atoms with van der Waals surface area (Å²) in [6, 6.07) is 6.03. The zero-order chi connectivity index (χ0) is 21.0. The number of benzene rings is 1. The van der Waals surface area contributed by atoms with Crippen LogP contribution in [0.1, 0.15) is 19.8 Å². The van der Waals surface area contributed by atoms with Gasteiger partial charge in [-0.3, -0.25) is 14.4 Å². The van der Waals surface area contributed by atoms with E-state index in [2.05, 4.69) is 10.6 Å². The first kappa shape index (κ1) is 20.5. The van der Waals surface area contributed by atoms with Gasteiger partial charge in [-0.1, -0.05) is 11.6 Å². The van der Waals surface area contributed by atoms with E-state index in [0.717, 1.165) is 6.42 Å². The van der Waals surface area contributed by atoms with Crippen LogP contribution in [0.3, 0.4) is 0 Å². The number of hydrogen-bond acceptors (Lipinski definition) is 5. The maximum absolute atomic E-state index is 13.4. The summed E-state index contributed by atoms with van der Waals surface area (Å²) in [5.41, 5.74) is 0.585. The molecule has 156 valence electrons. The van der Waals surface area contributed by atoms with E-state index in [-0.39, 0.29) is 35.6 Å². The van der Waals surface area contributed by atoms with Crippen LogP contribution in [0.4, 0.5) is 5.69 Å². The molecule has 5 atom stereocenters. The van der Waals surface area contributed by atoms with Gasteiger partial charge in [0.05, 0.1) is 23.2 Å². The SMILES string of the molecule is CNC(=O)[C@@H]1[C@H]2C(=O)N(CCO)C(C(=O)Nc3ccc(Cl)cc3)C23CC[C@@]1(C)S3. The van der Waals surface area contributed by atoms with Crippen LogP contribution < -0.4 is 10.6 Å². The van der Waals surface area contributed by atoms with Gasteiger partial charge in [-0.25, -0.2) is 0 Å². The van der Waals surface area contributed by atoms with Gasteiger partial charge in [0.15, 0.2) is 0 Å². The number of anilines is 1. The van der Waals surface area contributed by atoms with Crippen molar-refractivity contribution in [2.45, 2.75) is 35.3 Å². The molecule has 4 rings (SSSR count). The van der Waals surface area contributed by atoms with E-state index in [1.165, 1.54) is 4.90 Å². The number of thioether (sulfide) groups is 1. The Balaban J connectivity index is 1.72. The van der Waals surface area contributed by atoms with Crippen LogP contribution in [0.15, 0.2) is 24.3 Å². The molecule has 0 radical (unpaired) electrons. The largest absolute Gasteiger partial charge is 0.395 e. The Kier molecular flexibility index (Phi) is 5.07. The predicted molar refractivity (Wildman–Crippen MR) is 112 cm³/mol. The van der Waals surface area contributed by atoms with Gasteiger partial charge in [0.2, 0.25) is 17.7 Å². The first-order valence-electron chi connectivity index (χ1n) is 9.67. The van der Waals surface area contributed by atoms with Gasteiger partial charge in [0.1, 0.15) is 6.04 Å². The van der Waals surface area contributed by atoms with Crippen LogP contribution in [0.2, 0.25) is 5.02 Å². The highest BCUT2D eigenvalue weighted by molar-refractivity contribution is 8.02. The molecule has 3 fully saturated rings. The molecule has 2 unspecified atom stereocenters. The lowest BCUT2D eigenvalue weighted by Crippen LogP contribution is -2.52. The molecule has 0 aliphatic carbocycles. The third-order valence-corrected chi connectivity index (χ3v) is 8.74. The Morgan fingerprint density at radius 2 is 1.97 bits per heavy atom. The first-order valence-corrected chi connectivity index (χ1v) is 10.9. The van der Waals surface area contributed by atoms with Gasteiger partial charge >= 0.3 is 0 Å². The van der Waals surface area contributed by atoms with Crippen LogP contribution in [0, 0.1) is 11.8 Å². The average molecular weight is 438 g/mol. The lowest BCUT2D eigenvalue weighted by molar-refractivity contribution is -0.140. The van der Waals surface area contributed by atoms with Crippen molar-refractivity contribution in [2.24, 2.45) is 11.8 Å². The molecule has 7 nitrogen and oxygen atoms in total. The van der Waals surface area contributed by atoms with E-state index < -0.39 is 22.6 Å². The third kappa shape index (κ3) is 2.95. The quantitative estimate of drug-likeness (QED) is 0.648. The second-order valence-corrected chi connectivity index (χ2v) is 10.4. The van der Waals surface area contributed by atoms with Crippen molar-refractivity contribution < 1.29 is 19.5 Å². The zero-order valence-corrected chi connectivity index (χ0v) is 17.8. The van der Waals surface area contributed by atoms with Crippen molar-refractivity contribution in [1.29, 1.82) is 0 Å². The lowest BCUT2D eigenvalue weighted by atomic mass is 9.66. The monoisotopic (exact) mass is 437 g/mol. The molecule has 0 aromatic heterocycles. The number of likely N-dealkylation sites (tertiary alicyclic amines) is 1. The second-order valence-electron chi connectivity index (χ2n) is 8.09. The maximum Gasteiger partial charge on any atom is 0.248 e. The van der Waals surface area contributed by atoms with Gasteiger partial charge < -0.3 is 20.6 Å². The maximum atomic E-state index is 13.4. The number of nitrogens with one attached hydrogen (secondary N) is 2. The minimum absolute atomic E-state index is 0.0630. The highest BCUT2D eigenvalue weighted by Crippen LogP contribution is 2.71. The fraction of sp³-hybridized carbons (Fsp3) is 0.550. The molecule has 1 aromatic carbocycles. The normalized spacial score (nSPS) is 35.0. The summed E-state index contributed by atoms with van der Waals surface area (Å²) in [7, 11) is 1.57. The predicted octanol–water partition coefficient (Wildman–Crippen LogP) is 1.50. The summed E-state index contributed by atoms with van der Waals surface area (Å²) >= 11 is 7.52. The van der Waals surface area contributed by atoms with Gasteiger partial charge in [0, 0.05) is 29.0 Å². The molecule has 3 aliphatic heterocycles. The van der Waals surface area contributed by atoms with Crippen molar-refractivity contribution in [3.63, 3.8) is 0 Å². The molecule has 3 heterocycles. The van der Waals surface area contributed by atoms with E-state index in [1.54, 1.807) is 43.1 Å². The Morgan fingerprint density at radius 1 is 1.28 bits per heavy atom. The minimum atomic E-state index is -0.746. The van der Waals surface area contributed by atoms with Crippen molar-refractivity contribution in [1.82, 2.24) is 10.2 Å². The number of carbonyl (C=O) groups excluding carboxylic acids is 3. The second kappa shape index (κ2) is 7.18. The Morgan fingerprint density at radius 3 is 2.59 bits per heavy atom. The molecule has 2 bridgehead atoms. The van der Waals surface area contributed by atoms with Crippen LogP contribution in [-0.4, -0.2) is 63.5 Å². The summed E-state index contributed by atoms with van der Waals surface area (Å²) in [5, 5.41) is 15.7. The highest BCUT2D eigenvalue weighted by Gasteiger charge is 2.76. The van der Waals surface area contributed by atoms with Crippen molar-refractivity contribution in [2.75, 3.05) is 25.5 Å². The Bertz CT molecular complexity index is 866. The van der Waals surface area contributed by atoms with E-state index >= 15 is 0 Å². The van der Waals surface area contributed by atoms with Gasteiger partial charge in [0.25, 0.3) is 0 Å². The number of halogens is 1. The molecule has 1 spiro atoms. The number of nitrogens with zero attached hydrogens (tertiary/aromatic N) is 1. The first-order chi connectivity index (χ1) is 13.8. The number of carbonyl (C=O) groups is 3. The van der Waals surface area contributed by atoms with Crippen LogP contribution in [0.25, 0.3) is 0 Å². The molecule has 0 saturated carbocycles. The summed E-state index contributed by atoms with van der Waals surface area (Å²) in [6.07, 6.45) is 1.44. The Labute approximate surface area is 178 Å². The van der Waals surface area contributed by atoms with Gasteiger partial charge in [-0.15, -0.1) is 11.8 Å². The molecule has 29 heavy (non-hydrogen) atoms. The van der Waals surface area contributed by atoms with Crippen molar-refractivity contribution in [3.8, 4) is 0 Å². The van der Waals surface area contributed by atoms with E-state index in [1.807, 2.05) is 6.92 Å². The molecule has 3 amide bonds. The number of hydrogen-bond donors (Lipinski definition) is 3. The summed E-state index contributed by atoms with van der Waals surface area (Å²) in [4.78, 5) is 40.9. The number of aliphatic hydroxyl groups excluding tert-OH is 1. The minimum Gasteiger partial charge on any atom is -0.395 e. The van der Waals surface area contributed by atoms with E-state index in [0.29, 0.717) is 17.1 Å². The van der Waals surface area contributed by atoms with Crippen LogP contribution in [-0.2, 0) is 14.4 Å².